The number of hydrogen-bond acceptors (Lipinski definition) is 10. The molecule has 0 bridgehead atoms. The monoisotopic (exact) mass is 642 g/mol. The topological polar surface area (TPSA) is 165 Å². The Bertz CT molecular complexity index is 1230. The largest absolute Gasteiger partial charge is 0.462 e. The van der Waals surface area contributed by atoms with E-state index in [9.17, 15) is 34.6 Å². The molecule has 2 aromatic carbocycles. The zero-order valence-electron chi connectivity index (χ0n) is 26.7. The molecule has 2 rings (SSSR count). The molecule has 2 aromatic rings. The Morgan fingerprint density at radius 1 is 0.565 bits per heavy atom. The van der Waals surface area contributed by atoms with Crippen LogP contribution in [0.5, 0.6) is 11.5 Å². The number of nitro groups is 2. The number of nitro benzene ring substituents is 2. The summed E-state index contributed by atoms with van der Waals surface area (Å²) in [5, 5.41) is 21.5. The fourth-order valence-electron chi connectivity index (χ4n) is 4.85. The SMILES string of the molecule is CCCCCC[C@H](CCCCCCCCCCC(=O)Oc1ccc([N+](=O)[O-])cc1)OC(=O)CCC(=O)Oc1ccc([N+](=O)[O-])cc1. The molecule has 0 aliphatic heterocycles. The molecule has 1 atom stereocenters. The molecule has 12 nitrogen and oxygen atoms in total. The van der Waals surface area contributed by atoms with E-state index in [4.69, 9.17) is 14.2 Å². The fraction of sp³-hybridized carbons (Fsp3) is 0.559. The predicted molar refractivity (Wildman–Crippen MR) is 172 cm³/mol. The van der Waals surface area contributed by atoms with Gasteiger partial charge in [0.15, 0.2) is 0 Å². The second-order valence-electron chi connectivity index (χ2n) is 11.3. The number of ether oxygens (including phenoxy) is 3. The number of carbonyl (C=O) groups is 3. The highest BCUT2D eigenvalue weighted by atomic mass is 16.6. The summed E-state index contributed by atoms with van der Waals surface area (Å²) in [4.78, 5) is 57.0. The molecule has 0 radical (unpaired) electrons. The average Bonchev–Trinajstić information content (AvgIpc) is 3.03. The molecule has 0 saturated carbocycles. The molecular weight excluding hydrogens is 596 g/mol. The fourth-order valence-corrected chi connectivity index (χ4v) is 4.85. The van der Waals surface area contributed by atoms with E-state index in [0.29, 0.717) is 12.2 Å². The first-order valence-corrected chi connectivity index (χ1v) is 16.3. The highest BCUT2D eigenvalue weighted by Crippen LogP contribution is 2.21. The van der Waals surface area contributed by atoms with Crippen molar-refractivity contribution in [1.29, 1.82) is 0 Å². The minimum absolute atomic E-state index is 0.0535. The standard InChI is InChI=1S/C34H46N2O10/c1-2-3-4-11-14-29(44-33(38)25-26-34(39)46-31-23-19-28(20-24-31)36(42)43)15-12-9-7-5-6-8-10-13-16-32(37)45-30-21-17-27(18-22-30)35(40)41/h17-24,29H,2-16,25-26H2,1H3/t29-/m1/s1. The van der Waals surface area contributed by atoms with E-state index in [1.165, 1.54) is 48.5 Å². The molecule has 0 aliphatic carbocycles. The lowest BCUT2D eigenvalue weighted by Crippen LogP contribution is -2.20. The zero-order chi connectivity index (χ0) is 33.6. The second-order valence-corrected chi connectivity index (χ2v) is 11.3. The Kier molecular flexibility index (Phi) is 18.3. The number of unbranched alkanes of at least 4 members (excludes halogenated alkanes) is 10. The van der Waals surface area contributed by atoms with Crippen LogP contribution in [0.25, 0.3) is 0 Å². The van der Waals surface area contributed by atoms with E-state index in [-0.39, 0.29) is 42.0 Å². The van der Waals surface area contributed by atoms with Crippen LogP contribution >= 0.6 is 0 Å². The molecular formula is C34H46N2O10. The smallest absolute Gasteiger partial charge is 0.311 e. The van der Waals surface area contributed by atoms with Crippen molar-refractivity contribution in [3.63, 3.8) is 0 Å². The number of rotatable bonds is 24. The van der Waals surface area contributed by atoms with Crippen LogP contribution in [0.1, 0.15) is 116 Å². The lowest BCUT2D eigenvalue weighted by atomic mass is 10.0. The maximum atomic E-state index is 12.5. The zero-order valence-corrected chi connectivity index (χ0v) is 26.7. The molecule has 252 valence electrons. The van der Waals surface area contributed by atoms with E-state index in [1.807, 2.05) is 0 Å². The molecule has 0 aliphatic rings. The van der Waals surface area contributed by atoms with Gasteiger partial charge < -0.3 is 14.2 Å². The van der Waals surface area contributed by atoms with Gasteiger partial charge in [0, 0.05) is 30.7 Å². The third-order valence-electron chi connectivity index (χ3n) is 7.43. The first kappa shape index (κ1) is 37.8. The summed E-state index contributed by atoms with van der Waals surface area (Å²) in [5.74, 6) is -0.902. The van der Waals surface area contributed by atoms with E-state index < -0.39 is 21.8 Å². The van der Waals surface area contributed by atoms with Crippen LogP contribution in [0.15, 0.2) is 48.5 Å². The first-order valence-electron chi connectivity index (χ1n) is 16.3. The quantitative estimate of drug-likeness (QED) is 0.0356. The number of carbonyl (C=O) groups excluding carboxylic acids is 3. The Morgan fingerprint density at radius 2 is 0.957 bits per heavy atom. The van der Waals surface area contributed by atoms with Gasteiger partial charge in [-0.1, -0.05) is 64.7 Å². The van der Waals surface area contributed by atoms with Crippen LogP contribution in [0.4, 0.5) is 11.4 Å². The molecule has 0 aromatic heterocycles. The van der Waals surface area contributed by atoms with Gasteiger partial charge in [0.1, 0.15) is 17.6 Å². The Labute approximate surface area is 270 Å². The summed E-state index contributed by atoms with van der Waals surface area (Å²) in [6, 6.07) is 10.6. The predicted octanol–water partition coefficient (Wildman–Crippen LogP) is 8.58. The van der Waals surface area contributed by atoms with Crippen molar-refractivity contribution >= 4 is 29.3 Å². The normalized spacial score (nSPS) is 11.4. The lowest BCUT2D eigenvalue weighted by molar-refractivity contribution is -0.385. The second kappa shape index (κ2) is 22.2. The minimum atomic E-state index is -0.604. The van der Waals surface area contributed by atoms with Gasteiger partial charge >= 0.3 is 17.9 Å². The van der Waals surface area contributed by atoms with Gasteiger partial charge in [-0.2, -0.15) is 0 Å². The first-order chi connectivity index (χ1) is 22.2. The van der Waals surface area contributed by atoms with Crippen LogP contribution in [-0.4, -0.2) is 33.9 Å². The van der Waals surface area contributed by atoms with Crippen LogP contribution in [-0.2, 0) is 19.1 Å². The van der Waals surface area contributed by atoms with Crippen LogP contribution in [0.2, 0.25) is 0 Å². The van der Waals surface area contributed by atoms with Gasteiger partial charge in [0.25, 0.3) is 11.4 Å². The van der Waals surface area contributed by atoms with Crippen molar-refractivity contribution in [3.05, 3.63) is 68.8 Å². The highest BCUT2D eigenvalue weighted by Gasteiger charge is 2.17. The number of esters is 3. The molecule has 46 heavy (non-hydrogen) atoms. The summed E-state index contributed by atoms with van der Waals surface area (Å²) in [7, 11) is 0. The number of nitrogens with zero attached hydrogens (tertiary/aromatic N) is 2. The van der Waals surface area contributed by atoms with Crippen molar-refractivity contribution in [1.82, 2.24) is 0 Å². The average molecular weight is 643 g/mol. The molecule has 0 amide bonds. The van der Waals surface area contributed by atoms with Crippen molar-refractivity contribution < 1.29 is 38.4 Å². The summed E-state index contributed by atoms with van der Waals surface area (Å²) < 4.78 is 16.1. The minimum Gasteiger partial charge on any atom is -0.462 e. The van der Waals surface area contributed by atoms with Gasteiger partial charge in [-0.05, 0) is 56.4 Å². The van der Waals surface area contributed by atoms with Crippen LogP contribution in [0.3, 0.4) is 0 Å². The third kappa shape index (κ3) is 16.6. The number of benzene rings is 2. The molecule has 0 unspecified atom stereocenters. The van der Waals surface area contributed by atoms with E-state index in [1.54, 1.807) is 0 Å². The molecule has 0 N–H and O–H groups in total. The molecule has 0 spiro atoms. The van der Waals surface area contributed by atoms with Crippen LogP contribution < -0.4 is 9.47 Å². The van der Waals surface area contributed by atoms with Gasteiger partial charge in [-0.25, -0.2) is 0 Å². The van der Waals surface area contributed by atoms with Gasteiger partial charge in [0.2, 0.25) is 0 Å². The van der Waals surface area contributed by atoms with E-state index in [2.05, 4.69) is 6.92 Å². The molecule has 0 fully saturated rings. The summed E-state index contributed by atoms with van der Waals surface area (Å²) >= 11 is 0. The van der Waals surface area contributed by atoms with Gasteiger partial charge in [0.05, 0.1) is 22.7 Å². The Hall–Kier alpha value is -4.35. The van der Waals surface area contributed by atoms with Crippen molar-refractivity contribution in [2.24, 2.45) is 0 Å². The number of hydrogen-bond donors (Lipinski definition) is 0. The van der Waals surface area contributed by atoms with E-state index >= 15 is 0 Å². The number of non-ortho nitro benzene ring substituents is 2. The Balaban J connectivity index is 1.57. The van der Waals surface area contributed by atoms with E-state index in [0.717, 1.165) is 89.9 Å². The van der Waals surface area contributed by atoms with Crippen molar-refractivity contribution in [2.75, 3.05) is 0 Å². The van der Waals surface area contributed by atoms with Crippen molar-refractivity contribution in [2.45, 2.75) is 122 Å². The summed E-state index contributed by atoms with van der Waals surface area (Å²) in [5.41, 5.74) is -0.160. The van der Waals surface area contributed by atoms with Crippen molar-refractivity contribution in [3.8, 4) is 11.5 Å². The van der Waals surface area contributed by atoms with Gasteiger partial charge in [-0.15, -0.1) is 0 Å². The summed E-state index contributed by atoms with van der Waals surface area (Å²) in [6.07, 6.45) is 13.7. The Morgan fingerprint density at radius 3 is 1.41 bits per heavy atom. The molecule has 0 heterocycles. The van der Waals surface area contributed by atoms with Crippen LogP contribution in [0, 0.1) is 20.2 Å². The van der Waals surface area contributed by atoms with Gasteiger partial charge in [-0.3, -0.25) is 34.6 Å². The third-order valence-corrected chi connectivity index (χ3v) is 7.43. The lowest BCUT2D eigenvalue weighted by Gasteiger charge is -2.18. The maximum absolute atomic E-state index is 12.5. The summed E-state index contributed by atoms with van der Waals surface area (Å²) in [6.45, 7) is 2.14. The molecule has 0 saturated heterocycles. The molecule has 12 heteroatoms. The highest BCUT2D eigenvalue weighted by molar-refractivity contribution is 5.79. The maximum Gasteiger partial charge on any atom is 0.311 e.